The Bertz CT molecular complexity index is 526. The molecular weight excluding hydrogens is 263 g/mol. The Morgan fingerprint density at radius 2 is 1.61 bits per heavy atom. The Morgan fingerprint density at radius 3 is 2.22 bits per heavy atom. The van der Waals surface area contributed by atoms with Gasteiger partial charge in [0, 0.05) is 5.02 Å². The molecule has 0 amide bonds. The average Bonchev–Trinajstić information content (AvgIpc) is 2.31. The molecule has 0 bridgehead atoms. The first-order valence-electron chi connectivity index (χ1n) is 6.02. The van der Waals surface area contributed by atoms with Gasteiger partial charge in [0.2, 0.25) is 0 Å². The van der Waals surface area contributed by atoms with E-state index in [2.05, 4.69) is 32.0 Å². The Balaban J connectivity index is 2.22. The van der Waals surface area contributed by atoms with Crippen LogP contribution in [0.4, 0.5) is 0 Å². The van der Waals surface area contributed by atoms with Gasteiger partial charge in [-0.2, -0.15) is 0 Å². The first-order chi connectivity index (χ1) is 8.56. The minimum Gasteiger partial charge on any atom is -0.117 e. The highest BCUT2D eigenvalue weighted by molar-refractivity contribution is 6.31. The van der Waals surface area contributed by atoms with E-state index in [9.17, 15) is 0 Å². The van der Waals surface area contributed by atoms with Crippen LogP contribution in [0.25, 0.3) is 0 Å². The minimum atomic E-state index is -0.0384. The molecule has 0 aliphatic heterocycles. The van der Waals surface area contributed by atoms with Gasteiger partial charge < -0.3 is 0 Å². The largest absolute Gasteiger partial charge is 0.117 e. The summed E-state index contributed by atoms with van der Waals surface area (Å²) in [5, 5.41) is 0.746. The summed E-state index contributed by atoms with van der Waals surface area (Å²) in [4.78, 5) is 0. The van der Waals surface area contributed by atoms with Crippen molar-refractivity contribution in [2.75, 3.05) is 0 Å². The molecule has 0 aromatic heterocycles. The van der Waals surface area contributed by atoms with Gasteiger partial charge in [-0.05, 0) is 37.5 Å². The van der Waals surface area contributed by atoms with Crippen LogP contribution in [0.2, 0.25) is 5.02 Å². The molecule has 0 radical (unpaired) electrons. The molecule has 0 aliphatic carbocycles. The summed E-state index contributed by atoms with van der Waals surface area (Å²) in [6.45, 7) is 4.19. The van der Waals surface area contributed by atoms with Gasteiger partial charge in [0.25, 0.3) is 0 Å². The smallest absolute Gasteiger partial charge is 0.0626 e. The van der Waals surface area contributed by atoms with Gasteiger partial charge >= 0.3 is 0 Å². The van der Waals surface area contributed by atoms with E-state index >= 15 is 0 Å². The van der Waals surface area contributed by atoms with Crippen LogP contribution in [0.1, 0.15) is 27.6 Å². The number of aryl methyl sites for hydroxylation is 2. The van der Waals surface area contributed by atoms with Crippen molar-refractivity contribution in [3.8, 4) is 0 Å². The summed E-state index contributed by atoms with van der Waals surface area (Å²) in [5.74, 6) is 0. The number of benzene rings is 2. The van der Waals surface area contributed by atoms with Crippen LogP contribution in [0.5, 0.6) is 0 Å². The van der Waals surface area contributed by atoms with Crippen molar-refractivity contribution in [2.24, 2.45) is 0 Å². The van der Waals surface area contributed by atoms with E-state index in [0.717, 1.165) is 22.6 Å². The maximum atomic E-state index is 6.50. The third-order valence-electron chi connectivity index (χ3n) is 2.96. The monoisotopic (exact) mass is 278 g/mol. The standard InChI is InChI=1S/C16H16Cl2/c1-11-7-12(2)9-14(8-11)16(18)10-13-5-3-4-6-15(13)17/h3-9,16H,10H2,1-2H3. The molecule has 0 heterocycles. The molecule has 2 rings (SSSR count). The first kappa shape index (κ1) is 13.5. The Kier molecular flexibility index (Phi) is 4.31. The third kappa shape index (κ3) is 3.28. The first-order valence-corrected chi connectivity index (χ1v) is 6.83. The number of alkyl halides is 1. The van der Waals surface area contributed by atoms with Crippen LogP contribution in [0, 0.1) is 13.8 Å². The molecule has 0 spiro atoms. The lowest BCUT2D eigenvalue weighted by atomic mass is 10.0. The lowest BCUT2D eigenvalue weighted by molar-refractivity contribution is 0.916. The molecule has 0 aliphatic rings. The van der Waals surface area contributed by atoms with Crippen LogP contribution in [-0.4, -0.2) is 0 Å². The lowest BCUT2D eigenvalue weighted by Gasteiger charge is -2.13. The zero-order valence-corrected chi connectivity index (χ0v) is 12.1. The van der Waals surface area contributed by atoms with Gasteiger partial charge in [-0.25, -0.2) is 0 Å². The molecule has 0 nitrogen and oxygen atoms in total. The summed E-state index contributed by atoms with van der Waals surface area (Å²) in [5.41, 5.74) is 4.75. The molecule has 94 valence electrons. The molecule has 2 aromatic rings. The molecule has 2 heteroatoms. The molecule has 0 N–H and O–H groups in total. The third-order valence-corrected chi connectivity index (χ3v) is 3.74. The normalized spacial score (nSPS) is 12.4. The predicted molar refractivity (Wildman–Crippen MR) is 79.7 cm³/mol. The van der Waals surface area contributed by atoms with E-state index in [1.165, 1.54) is 11.1 Å². The van der Waals surface area contributed by atoms with E-state index in [1.54, 1.807) is 0 Å². The second-order valence-corrected chi connectivity index (χ2v) is 5.62. The van der Waals surface area contributed by atoms with Crippen molar-refractivity contribution in [2.45, 2.75) is 25.6 Å². The molecule has 0 saturated heterocycles. The number of hydrogen-bond acceptors (Lipinski definition) is 0. The van der Waals surface area contributed by atoms with E-state index < -0.39 is 0 Å². The fourth-order valence-electron chi connectivity index (χ4n) is 2.17. The summed E-state index contributed by atoms with van der Waals surface area (Å²) in [6.07, 6.45) is 0.754. The zero-order chi connectivity index (χ0) is 13.1. The molecule has 18 heavy (non-hydrogen) atoms. The van der Waals surface area contributed by atoms with E-state index in [0.29, 0.717) is 0 Å². The number of halogens is 2. The van der Waals surface area contributed by atoms with E-state index in [1.807, 2.05) is 24.3 Å². The Labute approximate surface area is 119 Å². The van der Waals surface area contributed by atoms with Gasteiger partial charge in [-0.1, -0.05) is 59.1 Å². The van der Waals surface area contributed by atoms with Crippen molar-refractivity contribution in [1.29, 1.82) is 0 Å². The van der Waals surface area contributed by atoms with Crippen molar-refractivity contribution in [3.05, 3.63) is 69.7 Å². The van der Waals surface area contributed by atoms with Crippen LogP contribution in [0.3, 0.4) is 0 Å². The van der Waals surface area contributed by atoms with Gasteiger partial charge in [0.05, 0.1) is 5.38 Å². The summed E-state index contributed by atoms with van der Waals surface area (Å²) < 4.78 is 0. The van der Waals surface area contributed by atoms with Crippen molar-refractivity contribution < 1.29 is 0 Å². The van der Waals surface area contributed by atoms with Crippen molar-refractivity contribution >= 4 is 23.2 Å². The van der Waals surface area contributed by atoms with Gasteiger partial charge in [0.15, 0.2) is 0 Å². The maximum Gasteiger partial charge on any atom is 0.0626 e. The van der Waals surface area contributed by atoms with Crippen molar-refractivity contribution in [3.63, 3.8) is 0 Å². The fraction of sp³-hybridized carbons (Fsp3) is 0.250. The predicted octanol–water partition coefficient (Wildman–Crippen LogP) is 5.48. The lowest BCUT2D eigenvalue weighted by Crippen LogP contribution is -1.98. The SMILES string of the molecule is Cc1cc(C)cc(C(Cl)Cc2ccccc2Cl)c1. The highest BCUT2D eigenvalue weighted by Crippen LogP contribution is 2.29. The van der Waals surface area contributed by atoms with Gasteiger partial charge in [-0.15, -0.1) is 11.6 Å². The molecule has 1 atom stereocenters. The number of hydrogen-bond donors (Lipinski definition) is 0. The minimum absolute atomic E-state index is 0.0384. The van der Waals surface area contributed by atoms with E-state index in [4.69, 9.17) is 23.2 Å². The molecule has 2 aromatic carbocycles. The quantitative estimate of drug-likeness (QED) is 0.653. The van der Waals surface area contributed by atoms with Gasteiger partial charge in [0.1, 0.15) is 0 Å². The van der Waals surface area contributed by atoms with Crippen LogP contribution < -0.4 is 0 Å². The second-order valence-electron chi connectivity index (χ2n) is 4.68. The highest BCUT2D eigenvalue weighted by Gasteiger charge is 2.11. The zero-order valence-electron chi connectivity index (χ0n) is 10.6. The topological polar surface area (TPSA) is 0 Å². The fourth-order valence-corrected chi connectivity index (χ4v) is 2.67. The average molecular weight is 279 g/mol. The summed E-state index contributed by atoms with van der Waals surface area (Å²) in [7, 11) is 0. The maximum absolute atomic E-state index is 6.50. The summed E-state index contributed by atoms with van der Waals surface area (Å²) >= 11 is 12.7. The summed E-state index contributed by atoms with van der Waals surface area (Å²) in [6, 6.07) is 14.3. The van der Waals surface area contributed by atoms with Crippen LogP contribution in [-0.2, 0) is 6.42 Å². The highest BCUT2D eigenvalue weighted by atomic mass is 35.5. The number of rotatable bonds is 3. The molecule has 0 saturated carbocycles. The Morgan fingerprint density at radius 1 is 1.00 bits per heavy atom. The van der Waals surface area contributed by atoms with Crippen LogP contribution in [0.15, 0.2) is 42.5 Å². The van der Waals surface area contributed by atoms with Crippen LogP contribution >= 0.6 is 23.2 Å². The molecule has 0 fully saturated rings. The second kappa shape index (κ2) is 5.77. The molecule has 1 unspecified atom stereocenters. The molecular formula is C16H16Cl2. The van der Waals surface area contributed by atoms with E-state index in [-0.39, 0.29) is 5.38 Å². The Hall–Kier alpha value is -0.980. The van der Waals surface area contributed by atoms with Gasteiger partial charge in [-0.3, -0.25) is 0 Å². The van der Waals surface area contributed by atoms with Crippen molar-refractivity contribution in [1.82, 2.24) is 0 Å².